The zero-order valence-corrected chi connectivity index (χ0v) is 13.5. The van der Waals surface area contributed by atoms with Gasteiger partial charge < -0.3 is 5.32 Å². The Balaban J connectivity index is 2.61. The van der Waals surface area contributed by atoms with Gasteiger partial charge in [0.2, 0.25) is 0 Å². The molecule has 3 nitrogen and oxygen atoms in total. The van der Waals surface area contributed by atoms with Crippen LogP contribution in [0.1, 0.15) is 31.0 Å². The van der Waals surface area contributed by atoms with Crippen molar-refractivity contribution in [2.75, 3.05) is 12.4 Å². The molecule has 0 saturated carbocycles. The van der Waals surface area contributed by atoms with E-state index in [4.69, 9.17) is 0 Å². The highest BCUT2D eigenvalue weighted by atomic mass is 79.9. The van der Waals surface area contributed by atoms with Crippen LogP contribution in [0.4, 0.5) is 10.2 Å². The van der Waals surface area contributed by atoms with Crippen LogP contribution in [0.5, 0.6) is 0 Å². The molecular weight excluding hydrogens is 321 g/mol. The third kappa shape index (κ3) is 2.98. The van der Waals surface area contributed by atoms with Gasteiger partial charge in [-0.1, -0.05) is 29.8 Å². The highest BCUT2D eigenvalue weighted by molar-refractivity contribution is 9.10. The first-order chi connectivity index (χ1) is 9.42. The molecule has 1 aromatic heterocycles. The Morgan fingerprint density at radius 1 is 1.20 bits per heavy atom. The van der Waals surface area contributed by atoms with E-state index in [2.05, 4.69) is 45.1 Å². The Hall–Kier alpha value is -1.49. The summed E-state index contributed by atoms with van der Waals surface area (Å²) in [4.78, 5) is 9.03. The average Bonchev–Trinajstić information content (AvgIpc) is 2.35. The summed E-state index contributed by atoms with van der Waals surface area (Å²) in [5.41, 5.74) is 2.66. The van der Waals surface area contributed by atoms with Crippen molar-refractivity contribution in [3.63, 3.8) is 0 Å². The van der Waals surface area contributed by atoms with Gasteiger partial charge in [0.1, 0.15) is 11.6 Å². The zero-order valence-electron chi connectivity index (χ0n) is 12.0. The Morgan fingerprint density at radius 3 is 2.45 bits per heavy atom. The topological polar surface area (TPSA) is 37.8 Å². The molecule has 0 spiro atoms. The maximum Gasteiger partial charge on any atom is 0.161 e. The van der Waals surface area contributed by atoms with Crippen LogP contribution in [0.15, 0.2) is 22.7 Å². The number of rotatable bonds is 3. The van der Waals surface area contributed by atoms with E-state index in [9.17, 15) is 4.39 Å². The van der Waals surface area contributed by atoms with Crippen LogP contribution in [-0.4, -0.2) is 17.0 Å². The minimum absolute atomic E-state index is 0.311. The van der Waals surface area contributed by atoms with Crippen molar-refractivity contribution in [1.82, 2.24) is 9.97 Å². The Kier molecular flexibility index (Phi) is 4.38. The van der Waals surface area contributed by atoms with E-state index in [1.807, 2.05) is 20.0 Å². The molecule has 5 heteroatoms. The first-order valence-corrected chi connectivity index (χ1v) is 7.24. The molecule has 0 aliphatic carbocycles. The molecule has 106 valence electrons. The highest BCUT2D eigenvalue weighted by Gasteiger charge is 2.15. The number of aromatic nitrogens is 2. The minimum Gasteiger partial charge on any atom is -0.373 e. The second-order valence-electron chi connectivity index (χ2n) is 4.96. The highest BCUT2D eigenvalue weighted by Crippen LogP contribution is 2.29. The lowest BCUT2D eigenvalue weighted by atomic mass is 10.0. The van der Waals surface area contributed by atoms with Gasteiger partial charge in [-0.15, -0.1) is 0 Å². The summed E-state index contributed by atoms with van der Waals surface area (Å²) in [6.07, 6.45) is 0. The average molecular weight is 338 g/mol. The number of hydrogen-bond donors (Lipinski definition) is 1. The van der Waals surface area contributed by atoms with Crippen molar-refractivity contribution < 1.29 is 4.39 Å². The van der Waals surface area contributed by atoms with Gasteiger partial charge in [0, 0.05) is 28.3 Å². The summed E-state index contributed by atoms with van der Waals surface area (Å²) in [5.74, 6) is 1.33. The summed E-state index contributed by atoms with van der Waals surface area (Å²) in [7, 11) is 1.83. The summed E-state index contributed by atoms with van der Waals surface area (Å²) >= 11 is 3.29. The quantitative estimate of drug-likeness (QED) is 0.894. The third-order valence-electron chi connectivity index (χ3n) is 3.07. The van der Waals surface area contributed by atoms with E-state index < -0.39 is 0 Å². The molecule has 2 rings (SSSR count). The fourth-order valence-electron chi connectivity index (χ4n) is 2.28. The van der Waals surface area contributed by atoms with Gasteiger partial charge in [0.25, 0.3) is 0 Å². The number of anilines is 1. The number of hydrogen-bond acceptors (Lipinski definition) is 3. The van der Waals surface area contributed by atoms with Gasteiger partial charge in [-0.05, 0) is 31.0 Å². The smallest absolute Gasteiger partial charge is 0.161 e. The molecule has 0 saturated heterocycles. The standard InChI is InChI=1S/C15H17BrFN3/c1-8(2)13-9(3)19-14(20-15(13)18-4)10-5-11(16)7-12(17)6-10/h5-8H,1-4H3,(H,18,19,20). The van der Waals surface area contributed by atoms with Gasteiger partial charge in [-0.25, -0.2) is 14.4 Å². The fraction of sp³-hybridized carbons (Fsp3) is 0.333. The van der Waals surface area contributed by atoms with Gasteiger partial charge >= 0.3 is 0 Å². The van der Waals surface area contributed by atoms with Crippen LogP contribution in [0.25, 0.3) is 11.4 Å². The molecule has 1 N–H and O–H groups in total. The summed E-state index contributed by atoms with van der Waals surface area (Å²) in [5, 5.41) is 3.10. The van der Waals surface area contributed by atoms with Gasteiger partial charge in [0.05, 0.1) is 0 Å². The molecule has 20 heavy (non-hydrogen) atoms. The number of halogens is 2. The fourth-order valence-corrected chi connectivity index (χ4v) is 2.74. The maximum absolute atomic E-state index is 13.5. The molecule has 0 unspecified atom stereocenters. The molecule has 0 amide bonds. The predicted octanol–water partition coefficient (Wildman–Crippen LogP) is 4.52. The van der Waals surface area contributed by atoms with E-state index >= 15 is 0 Å². The molecule has 0 bridgehead atoms. The third-order valence-corrected chi connectivity index (χ3v) is 3.53. The molecule has 0 aliphatic heterocycles. The first-order valence-electron chi connectivity index (χ1n) is 6.45. The zero-order chi connectivity index (χ0) is 14.9. The number of aryl methyl sites for hydroxylation is 1. The van der Waals surface area contributed by atoms with E-state index in [0.29, 0.717) is 21.8 Å². The van der Waals surface area contributed by atoms with E-state index in [1.54, 1.807) is 0 Å². The van der Waals surface area contributed by atoms with Crippen molar-refractivity contribution in [3.05, 3.63) is 39.7 Å². The molecule has 1 heterocycles. The van der Waals surface area contributed by atoms with Crippen LogP contribution < -0.4 is 5.32 Å². The second-order valence-corrected chi connectivity index (χ2v) is 5.87. The van der Waals surface area contributed by atoms with Crippen molar-refractivity contribution in [3.8, 4) is 11.4 Å². The SMILES string of the molecule is CNc1nc(-c2cc(F)cc(Br)c2)nc(C)c1C(C)C. The van der Waals surface area contributed by atoms with E-state index in [-0.39, 0.29) is 5.82 Å². The number of nitrogens with zero attached hydrogens (tertiary/aromatic N) is 2. The molecular formula is C15H17BrFN3. The van der Waals surface area contributed by atoms with E-state index in [0.717, 1.165) is 17.1 Å². The number of benzene rings is 1. The maximum atomic E-state index is 13.5. The van der Waals surface area contributed by atoms with Gasteiger partial charge in [-0.3, -0.25) is 0 Å². The van der Waals surface area contributed by atoms with Crippen LogP contribution in [0, 0.1) is 12.7 Å². The first kappa shape index (κ1) is 14.9. The Morgan fingerprint density at radius 2 is 1.90 bits per heavy atom. The van der Waals surface area contributed by atoms with Crippen LogP contribution in [0.3, 0.4) is 0 Å². The summed E-state index contributed by atoms with van der Waals surface area (Å²) in [6, 6.07) is 4.66. The Bertz CT molecular complexity index is 621. The lowest BCUT2D eigenvalue weighted by Gasteiger charge is -2.15. The molecule has 0 aliphatic rings. The summed E-state index contributed by atoms with van der Waals surface area (Å²) in [6.45, 7) is 6.16. The normalized spacial score (nSPS) is 10.9. The van der Waals surface area contributed by atoms with E-state index in [1.165, 1.54) is 12.1 Å². The predicted molar refractivity (Wildman–Crippen MR) is 83.5 cm³/mol. The van der Waals surface area contributed by atoms with Crippen molar-refractivity contribution in [2.24, 2.45) is 0 Å². The second kappa shape index (κ2) is 5.87. The lowest BCUT2D eigenvalue weighted by molar-refractivity contribution is 0.627. The molecule has 2 aromatic rings. The summed E-state index contributed by atoms with van der Waals surface area (Å²) < 4.78 is 14.2. The van der Waals surface area contributed by atoms with Crippen LogP contribution in [-0.2, 0) is 0 Å². The van der Waals surface area contributed by atoms with Crippen LogP contribution in [0.2, 0.25) is 0 Å². The monoisotopic (exact) mass is 337 g/mol. The van der Waals surface area contributed by atoms with Crippen molar-refractivity contribution in [1.29, 1.82) is 0 Å². The van der Waals surface area contributed by atoms with Crippen molar-refractivity contribution >= 4 is 21.7 Å². The number of nitrogens with one attached hydrogen (secondary N) is 1. The molecule has 0 fully saturated rings. The minimum atomic E-state index is -0.311. The van der Waals surface area contributed by atoms with Gasteiger partial charge in [0.15, 0.2) is 5.82 Å². The largest absolute Gasteiger partial charge is 0.373 e. The van der Waals surface area contributed by atoms with Crippen molar-refractivity contribution in [2.45, 2.75) is 26.7 Å². The Labute approximate surface area is 126 Å². The molecule has 0 atom stereocenters. The molecule has 1 aromatic carbocycles. The van der Waals surface area contributed by atoms with Crippen LogP contribution >= 0.6 is 15.9 Å². The lowest BCUT2D eigenvalue weighted by Crippen LogP contribution is -2.07. The van der Waals surface area contributed by atoms with Gasteiger partial charge in [-0.2, -0.15) is 0 Å². The molecule has 0 radical (unpaired) electrons.